The second-order valence-electron chi connectivity index (χ2n) is 6.75. The van der Waals surface area contributed by atoms with Gasteiger partial charge in [-0.1, -0.05) is 30.3 Å². The average molecular weight is 534 g/mol. The third-order valence-corrected chi connectivity index (χ3v) is 8.13. The van der Waals surface area contributed by atoms with Gasteiger partial charge in [0.25, 0.3) is 10.0 Å². The van der Waals surface area contributed by atoms with Gasteiger partial charge in [0.05, 0.1) is 6.54 Å². The summed E-state index contributed by atoms with van der Waals surface area (Å²) in [7, 11) is 1.51. The van der Waals surface area contributed by atoms with Gasteiger partial charge in [0, 0.05) is 45.0 Å². The van der Waals surface area contributed by atoms with Crippen LogP contribution in [0.2, 0.25) is 0 Å². The molecule has 0 bridgehead atoms. The largest absolute Gasteiger partial charge is 0.351 e. The van der Waals surface area contributed by atoms with Gasteiger partial charge in [0.1, 0.15) is 4.21 Å². The zero-order valence-electron chi connectivity index (χ0n) is 16.3. The Morgan fingerprint density at radius 1 is 1.25 bits per heavy atom. The van der Waals surface area contributed by atoms with Crippen LogP contribution in [0.3, 0.4) is 0 Å². The summed E-state index contributed by atoms with van der Waals surface area (Å²) in [6.07, 6.45) is 1.11. The fourth-order valence-electron chi connectivity index (χ4n) is 3.22. The molecule has 0 radical (unpaired) electrons. The van der Waals surface area contributed by atoms with Crippen molar-refractivity contribution in [1.82, 2.24) is 14.5 Å². The SMILES string of the molecule is CN=C(NCc1ccc(S(=O)(=O)N(C)C)s1)N1CCC(c2ccccc2)C1.I. The minimum atomic E-state index is -3.37. The molecule has 2 heterocycles. The number of guanidine groups is 1. The molecule has 1 aromatic carbocycles. The Balaban J connectivity index is 0.00000280. The molecular weight excluding hydrogens is 507 g/mol. The first-order chi connectivity index (χ1) is 12.9. The Kier molecular flexibility index (Phi) is 8.29. The topological polar surface area (TPSA) is 65.0 Å². The third-order valence-electron chi connectivity index (χ3n) is 4.76. The van der Waals surface area contributed by atoms with E-state index in [0.29, 0.717) is 16.7 Å². The van der Waals surface area contributed by atoms with Crippen molar-refractivity contribution in [2.75, 3.05) is 34.2 Å². The number of thiophene rings is 1. The molecule has 1 aliphatic rings. The standard InChI is InChI=1S/C19H26N4O2S2.HI/c1-20-19(23-12-11-16(14-23)15-7-5-4-6-8-15)21-13-17-9-10-18(26-17)27(24,25)22(2)3;/h4-10,16H,11-14H2,1-3H3,(H,20,21);1H. The minimum absolute atomic E-state index is 0. The molecule has 1 aromatic heterocycles. The molecule has 9 heteroatoms. The molecule has 2 aromatic rings. The van der Waals surface area contributed by atoms with Crippen molar-refractivity contribution in [3.05, 3.63) is 52.9 Å². The number of nitrogens with zero attached hydrogens (tertiary/aromatic N) is 3. The number of nitrogens with one attached hydrogen (secondary N) is 1. The highest BCUT2D eigenvalue weighted by molar-refractivity contribution is 14.0. The smallest absolute Gasteiger partial charge is 0.252 e. The minimum Gasteiger partial charge on any atom is -0.351 e. The Morgan fingerprint density at radius 2 is 1.96 bits per heavy atom. The first-order valence-corrected chi connectivity index (χ1v) is 11.2. The van der Waals surface area contributed by atoms with Crippen molar-refractivity contribution in [3.63, 3.8) is 0 Å². The fraction of sp³-hybridized carbons (Fsp3) is 0.421. The molecule has 1 N–H and O–H groups in total. The van der Waals surface area contributed by atoms with E-state index < -0.39 is 10.0 Å². The lowest BCUT2D eigenvalue weighted by Crippen LogP contribution is -2.39. The Morgan fingerprint density at radius 3 is 2.61 bits per heavy atom. The van der Waals surface area contributed by atoms with Crippen molar-refractivity contribution in [3.8, 4) is 0 Å². The van der Waals surface area contributed by atoms with Gasteiger partial charge < -0.3 is 10.2 Å². The van der Waals surface area contributed by atoms with Gasteiger partial charge in [-0.3, -0.25) is 4.99 Å². The van der Waals surface area contributed by atoms with Crippen LogP contribution in [0.5, 0.6) is 0 Å². The van der Waals surface area contributed by atoms with Gasteiger partial charge >= 0.3 is 0 Å². The zero-order valence-corrected chi connectivity index (χ0v) is 20.3. The zero-order chi connectivity index (χ0) is 19.4. The van der Waals surface area contributed by atoms with E-state index in [1.54, 1.807) is 27.2 Å². The molecule has 28 heavy (non-hydrogen) atoms. The lowest BCUT2D eigenvalue weighted by molar-refractivity contribution is 0.486. The lowest BCUT2D eigenvalue weighted by atomic mass is 9.99. The fourth-order valence-corrected chi connectivity index (χ4v) is 5.68. The Bertz CT molecular complexity index is 898. The summed E-state index contributed by atoms with van der Waals surface area (Å²) < 4.78 is 26.0. The highest BCUT2D eigenvalue weighted by Gasteiger charge is 2.26. The van der Waals surface area contributed by atoms with Crippen molar-refractivity contribution < 1.29 is 8.42 Å². The van der Waals surface area contributed by atoms with Crippen LogP contribution in [0.1, 0.15) is 22.8 Å². The van der Waals surface area contributed by atoms with Crippen LogP contribution in [0, 0.1) is 0 Å². The summed E-state index contributed by atoms with van der Waals surface area (Å²) in [5.74, 6) is 1.38. The number of likely N-dealkylation sites (tertiary alicyclic amines) is 1. The highest BCUT2D eigenvalue weighted by atomic mass is 127. The number of hydrogen-bond donors (Lipinski definition) is 1. The monoisotopic (exact) mass is 534 g/mol. The summed E-state index contributed by atoms with van der Waals surface area (Å²) in [6, 6.07) is 14.1. The van der Waals surface area contributed by atoms with E-state index in [9.17, 15) is 8.42 Å². The molecule has 1 saturated heterocycles. The molecule has 3 rings (SSSR count). The number of benzene rings is 1. The Hall–Kier alpha value is -1.17. The van der Waals surface area contributed by atoms with E-state index in [2.05, 4.69) is 39.5 Å². The number of sulfonamides is 1. The molecule has 1 unspecified atom stereocenters. The summed E-state index contributed by atoms with van der Waals surface area (Å²) in [6.45, 7) is 2.46. The van der Waals surface area contributed by atoms with E-state index >= 15 is 0 Å². The van der Waals surface area contributed by atoms with Crippen LogP contribution in [-0.4, -0.2) is 57.8 Å². The highest BCUT2D eigenvalue weighted by Crippen LogP contribution is 2.27. The predicted octanol–water partition coefficient (Wildman–Crippen LogP) is 3.18. The maximum Gasteiger partial charge on any atom is 0.252 e. The number of aliphatic imine (C=N–C) groups is 1. The van der Waals surface area contributed by atoms with E-state index in [0.717, 1.165) is 30.3 Å². The predicted molar refractivity (Wildman–Crippen MR) is 126 cm³/mol. The molecule has 1 aliphatic heterocycles. The van der Waals surface area contributed by atoms with Crippen molar-refractivity contribution in [2.45, 2.75) is 23.1 Å². The molecule has 154 valence electrons. The van der Waals surface area contributed by atoms with E-state index in [1.165, 1.54) is 21.2 Å². The van der Waals surface area contributed by atoms with Crippen molar-refractivity contribution in [1.29, 1.82) is 0 Å². The molecule has 1 fully saturated rings. The first kappa shape index (κ1) is 23.1. The van der Waals surface area contributed by atoms with Gasteiger partial charge in [-0.05, 0) is 24.1 Å². The number of halogens is 1. The summed E-state index contributed by atoms with van der Waals surface area (Å²) >= 11 is 1.29. The van der Waals surface area contributed by atoms with Crippen molar-refractivity contribution >= 4 is 51.3 Å². The van der Waals surface area contributed by atoms with Gasteiger partial charge in [-0.2, -0.15) is 0 Å². The number of rotatable bonds is 5. The van der Waals surface area contributed by atoms with E-state index in [-0.39, 0.29) is 24.0 Å². The molecule has 0 amide bonds. The Labute approximate surface area is 188 Å². The van der Waals surface area contributed by atoms with Crippen LogP contribution < -0.4 is 5.32 Å². The summed E-state index contributed by atoms with van der Waals surface area (Å²) in [5, 5.41) is 3.37. The van der Waals surface area contributed by atoms with Crippen LogP contribution >= 0.6 is 35.3 Å². The molecule has 0 spiro atoms. The molecular formula is C19H27IN4O2S2. The average Bonchev–Trinajstić information content (AvgIpc) is 3.33. The van der Waals surface area contributed by atoms with Gasteiger partial charge in [0.15, 0.2) is 5.96 Å². The normalized spacial score (nSPS) is 17.6. The van der Waals surface area contributed by atoms with Crippen molar-refractivity contribution in [2.24, 2.45) is 4.99 Å². The van der Waals surface area contributed by atoms with Crippen LogP contribution in [-0.2, 0) is 16.6 Å². The molecule has 6 nitrogen and oxygen atoms in total. The van der Waals surface area contributed by atoms with Gasteiger partial charge in [-0.25, -0.2) is 12.7 Å². The van der Waals surface area contributed by atoms with Crippen LogP contribution in [0.25, 0.3) is 0 Å². The lowest BCUT2D eigenvalue weighted by Gasteiger charge is -2.21. The van der Waals surface area contributed by atoms with Crippen LogP contribution in [0.15, 0.2) is 51.7 Å². The first-order valence-electron chi connectivity index (χ1n) is 8.93. The maximum absolute atomic E-state index is 12.2. The quantitative estimate of drug-likeness (QED) is 0.364. The summed E-state index contributed by atoms with van der Waals surface area (Å²) in [5.41, 5.74) is 1.37. The maximum atomic E-state index is 12.2. The second kappa shape index (κ2) is 10.0. The third kappa shape index (κ3) is 5.25. The molecule has 0 aliphatic carbocycles. The van der Waals surface area contributed by atoms with E-state index in [4.69, 9.17) is 0 Å². The van der Waals surface area contributed by atoms with Gasteiger partial charge in [0.2, 0.25) is 0 Å². The second-order valence-corrected chi connectivity index (χ2v) is 10.3. The molecule has 1 atom stereocenters. The number of hydrogen-bond acceptors (Lipinski definition) is 4. The van der Waals surface area contributed by atoms with E-state index in [1.807, 2.05) is 12.1 Å². The summed E-state index contributed by atoms with van der Waals surface area (Å²) in [4.78, 5) is 7.64. The molecule has 0 saturated carbocycles. The van der Waals surface area contributed by atoms with Gasteiger partial charge in [-0.15, -0.1) is 35.3 Å². The van der Waals surface area contributed by atoms with Crippen LogP contribution in [0.4, 0.5) is 0 Å².